The molecule has 0 radical (unpaired) electrons. The summed E-state index contributed by atoms with van der Waals surface area (Å²) in [4.78, 5) is 8.57. The van der Waals surface area contributed by atoms with Gasteiger partial charge in [0.05, 0.1) is 5.56 Å². The first-order valence-corrected chi connectivity index (χ1v) is 6.25. The fourth-order valence-corrected chi connectivity index (χ4v) is 2.47. The Hall–Kier alpha value is -1.80. The fraction of sp³-hybridized carbons (Fsp3) is 0.250. The topological polar surface area (TPSA) is 54.5 Å². The number of nitriles is 1. The second-order valence-electron chi connectivity index (χ2n) is 3.95. The van der Waals surface area contributed by atoms with E-state index in [-0.39, 0.29) is 0 Å². The van der Waals surface area contributed by atoms with Gasteiger partial charge in [0.2, 0.25) is 0 Å². The first-order valence-electron chi connectivity index (χ1n) is 5.43. The molecule has 0 N–H and O–H groups in total. The minimum Gasteiger partial charge on any atom is -0.323 e. The molecular weight excluding hydrogens is 232 g/mol. The van der Waals surface area contributed by atoms with Crippen LogP contribution in [0.1, 0.15) is 24.4 Å². The first-order chi connectivity index (χ1) is 8.36. The normalized spacial score (nSPS) is 14.5. The summed E-state index contributed by atoms with van der Waals surface area (Å²) in [7, 11) is 0. The van der Waals surface area contributed by atoms with Crippen molar-refractivity contribution < 1.29 is 0 Å². The molecule has 3 rings (SSSR count). The zero-order chi connectivity index (χ0) is 11.7. The van der Waals surface area contributed by atoms with Gasteiger partial charge in [-0.05, 0) is 36.7 Å². The lowest BCUT2D eigenvalue weighted by atomic mass is 10.3. The van der Waals surface area contributed by atoms with Crippen molar-refractivity contribution in [3.63, 3.8) is 0 Å². The average Bonchev–Trinajstić information content (AvgIpc) is 3.11. The molecule has 1 fully saturated rings. The van der Waals surface area contributed by atoms with Crippen LogP contribution in [0.2, 0.25) is 0 Å². The summed E-state index contributed by atoms with van der Waals surface area (Å²) >= 11 is 1.54. The van der Waals surface area contributed by atoms with E-state index in [0.717, 1.165) is 10.2 Å². The molecule has 0 atom stereocenters. The van der Waals surface area contributed by atoms with Gasteiger partial charge in [-0.15, -0.1) is 0 Å². The summed E-state index contributed by atoms with van der Waals surface area (Å²) in [6.45, 7) is 0. The molecule has 0 saturated heterocycles. The molecule has 1 aliphatic rings. The van der Waals surface area contributed by atoms with Crippen LogP contribution in [0.3, 0.4) is 0 Å². The number of hydrogen-bond donors (Lipinski definition) is 0. The van der Waals surface area contributed by atoms with E-state index < -0.39 is 0 Å². The summed E-state index contributed by atoms with van der Waals surface area (Å²) in [6.07, 6.45) is 7.91. The highest BCUT2D eigenvalue weighted by Gasteiger charge is 2.25. The minimum atomic E-state index is 0.583. The molecule has 0 aliphatic heterocycles. The van der Waals surface area contributed by atoms with E-state index in [0.29, 0.717) is 11.6 Å². The van der Waals surface area contributed by atoms with Gasteiger partial charge in [0.15, 0.2) is 5.16 Å². The van der Waals surface area contributed by atoms with Crippen molar-refractivity contribution in [1.82, 2.24) is 14.5 Å². The Labute approximate surface area is 103 Å². The number of hydrogen-bond acceptors (Lipinski definition) is 4. The third-order valence-corrected chi connectivity index (χ3v) is 3.58. The van der Waals surface area contributed by atoms with Gasteiger partial charge in [-0.1, -0.05) is 0 Å². The summed E-state index contributed by atoms with van der Waals surface area (Å²) in [6, 6.07) is 6.32. The molecular formula is C12H10N4S. The van der Waals surface area contributed by atoms with Crippen LogP contribution < -0.4 is 0 Å². The zero-order valence-electron chi connectivity index (χ0n) is 9.08. The molecule has 0 unspecified atom stereocenters. The Kier molecular flexibility index (Phi) is 2.57. The van der Waals surface area contributed by atoms with Crippen molar-refractivity contribution in [3.05, 3.63) is 36.3 Å². The molecule has 17 heavy (non-hydrogen) atoms. The highest BCUT2D eigenvalue weighted by atomic mass is 32.2. The molecule has 2 heterocycles. The lowest BCUT2D eigenvalue weighted by molar-refractivity contribution is 0.662. The number of pyridine rings is 1. The third-order valence-electron chi connectivity index (χ3n) is 2.63. The van der Waals surface area contributed by atoms with Crippen LogP contribution in [-0.4, -0.2) is 14.5 Å². The van der Waals surface area contributed by atoms with E-state index >= 15 is 0 Å². The van der Waals surface area contributed by atoms with Gasteiger partial charge in [-0.3, -0.25) is 0 Å². The van der Waals surface area contributed by atoms with Gasteiger partial charge < -0.3 is 4.57 Å². The maximum atomic E-state index is 8.70. The molecule has 5 heteroatoms. The highest BCUT2D eigenvalue weighted by molar-refractivity contribution is 7.99. The Morgan fingerprint density at radius 1 is 1.35 bits per heavy atom. The van der Waals surface area contributed by atoms with Crippen LogP contribution in [-0.2, 0) is 0 Å². The van der Waals surface area contributed by atoms with E-state index in [1.807, 2.05) is 18.5 Å². The lowest BCUT2D eigenvalue weighted by Gasteiger charge is -2.04. The van der Waals surface area contributed by atoms with Crippen LogP contribution in [0.4, 0.5) is 0 Å². The van der Waals surface area contributed by atoms with E-state index in [4.69, 9.17) is 5.26 Å². The Bertz CT molecular complexity index is 563. The highest BCUT2D eigenvalue weighted by Crippen LogP contribution is 2.38. The second kappa shape index (κ2) is 4.22. The maximum Gasteiger partial charge on any atom is 0.174 e. The molecule has 1 aliphatic carbocycles. The number of nitrogens with zero attached hydrogens (tertiary/aromatic N) is 4. The van der Waals surface area contributed by atoms with Gasteiger partial charge in [0.1, 0.15) is 11.1 Å². The van der Waals surface area contributed by atoms with E-state index in [1.165, 1.54) is 24.6 Å². The summed E-state index contributed by atoms with van der Waals surface area (Å²) in [5, 5.41) is 10.5. The smallest absolute Gasteiger partial charge is 0.174 e. The van der Waals surface area contributed by atoms with E-state index in [9.17, 15) is 0 Å². The summed E-state index contributed by atoms with van der Waals surface area (Å²) in [5.74, 6) is 0. The monoisotopic (exact) mass is 242 g/mol. The van der Waals surface area contributed by atoms with Crippen molar-refractivity contribution in [2.75, 3.05) is 0 Å². The predicted molar refractivity (Wildman–Crippen MR) is 63.6 cm³/mol. The zero-order valence-corrected chi connectivity index (χ0v) is 9.89. The molecule has 84 valence electrons. The van der Waals surface area contributed by atoms with Crippen LogP contribution in [0, 0.1) is 11.3 Å². The predicted octanol–water partition coefficient (Wildman–Crippen LogP) is 2.64. The van der Waals surface area contributed by atoms with Crippen molar-refractivity contribution in [2.24, 2.45) is 0 Å². The molecule has 4 nitrogen and oxygen atoms in total. The van der Waals surface area contributed by atoms with Crippen molar-refractivity contribution in [1.29, 1.82) is 5.26 Å². The molecule has 0 spiro atoms. The number of rotatable bonds is 3. The van der Waals surface area contributed by atoms with Gasteiger partial charge in [-0.2, -0.15) is 5.26 Å². The molecule has 0 aromatic carbocycles. The van der Waals surface area contributed by atoms with Crippen LogP contribution >= 0.6 is 11.8 Å². The maximum absolute atomic E-state index is 8.70. The third kappa shape index (κ3) is 2.17. The summed E-state index contributed by atoms with van der Waals surface area (Å²) in [5.41, 5.74) is 0.583. The lowest BCUT2D eigenvalue weighted by Crippen LogP contribution is -1.94. The number of imidazole rings is 1. The van der Waals surface area contributed by atoms with E-state index in [2.05, 4.69) is 20.6 Å². The Morgan fingerprint density at radius 2 is 2.24 bits per heavy atom. The van der Waals surface area contributed by atoms with Gasteiger partial charge in [-0.25, -0.2) is 9.97 Å². The molecule has 1 saturated carbocycles. The van der Waals surface area contributed by atoms with Crippen molar-refractivity contribution >= 4 is 11.8 Å². The van der Waals surface area contributed by atoms with Crippen molar-refractivity contribution in [3.8, 4) is 6.07 Å². The van der Waals surface area contributed by atoms with Gasteiger partial charge in [0, 0.05) is 24.6 Å². The minimum absolute atomic E-state index is 0.583. The van der Waals surface area contributed by atoms with Crippen LogP contribution in [0.5, 0.6) is 0 Å². The van der Waals surface area contributed by atoms with Gasteiger partial charge >= 0.3 is 0 Å². The molecule has 0 amide bonds. The Morgan fingerprint density at radius 3 is 2.88 bits per heavy atom. The van der Waals surface area contributed by atoms with E-state index in [1.54, 1.807) is 12.3 Å². The molecule has 2 aromatic heterocycles. The molecule has 0 bridgehead atoms. The second-order valence-corrected chi connectivity index (χ2v) is 4.93. The van der Waals surface area contributed by atoms with Crippen LogP contribution in [0.25, 0.3) is 0 Å². The van der Waals surface area contributed by atoms with Gasteiger partial charge in [0.25, 0.3) is 0 Å². The van der Waals surface area contributed by atoms with Crippen molar-refractivity contribution in [2.45, 2.75) is 29.1 Å². The quantitative estimate of drug-likeness (QED) is 0.830. The standard InChI is InChI=1S/C12H10N4S/c13-7-9-1-4-11(15-8-9)17-12-14-5-6-16(12)10-2-3-10/h1,4-6,8,10H,2-3H2. The van der Waals surface area contributed by atoms with Crippen LogP contribution in [0.15, 0.2) is 40.9 Å². The average molecular weight is 242 g/mol. The first kappa shape index (κ1) is 10.4. The molecule has 2 aromatic rings. The SMILES string of the molecule is N#Cc1ccc(Sc2nccn2C2CC2)nc1. The number of aromatic nitrogens is 3. The largest absolute Gasteiger partial charge is 0.323 e. The fourth-order valence-electron chi connectivity index (χ4n) is 1.61. The summed E-state index contributed by atoms with van der Waals surface area (Å²) < 4.78 is 2.20. The Balaban J connectivity index is 1.81.